The van der Waals surface area contributed by atoms with Crippen molar-refractivity contribution < 1.29 is 27.5 Å². The van der Waals surface area contributed by atoms with Crippen LogP contribution in [0.1, 0.15) is 10.4 Å². The molecule has 0 saturated carbocycles. The zero-order valence-corrected chi connectivity index (χ0v) is 10.3. The first-order valence-electron chi connectivity index (χ1n) is 5.31. The zero-order chi connectivity index (χ0) is 14.2. The quantitative estimate of drug-likeness (QED) is 0.518. The molecule has 0 atom stereocenters. The van der Waals surface area contributed by atoms with Crippen LogP contribution in [0, 0.1) is 0 Å². The molecule has 19 heavy (non-hydrogen) atoms. The Morgan fingerprint density at radius 2 is 2.11 bits per heavy atom. The van der Waals surface area contributed by atoms with E-state index in [1.54, 1.807) is 11.4 Å². The van der Waals surface area contributed by atoms with Crippen molar-refractivity contribution in [2.45, 2.75) is 19.1 Å². The largest absolute Gasteiger partial charge is 0.478 e. The average Bonchev–Trinajstić information content (AvgIpc) is 2.72. The van der Waals surface area contributed by atoms with Crippen LogP contribution in [0.4, 0.5) is 17.6 Å². The Balaban J connectivity index is 2.33. The first kappa shape index (κ1) is 13.9. The van der Waals surface area contributed by atoms with Gasteiger partial charge in [0.25, 0.3) is 0 Å². The van der Waals surface area contributed by atoms with Crippen molar-refractivity contribution in [3.8, 4) is 0 Å². The molecule has 1 N–H and O–H groups in total. The van der Waals surface area contributed by atoms with E-state index in [0.29, 0.717) is 6.42 Å². The van der Waals surface area contributed by atoms with Crippen molar-refractivity contribution in [1.82, 2.24) is 4.90 Å². The summed E-state index contributed by atoms with van der Waals surface area (Å²) in [6, 6.07) is 1.70. The third-order valence-electron chi connectivity index (χ3n) is 2.79. The molecule has 0 aromatic carbocycles. The third kappa shape index (κ3) is 2.73. The molecule has 1 aromatic rings. The number of alkyl halides is 3. The molecule has 1 aromatic heterocycles. The summed E-state index contributed by atoms with van der Waals surface area (Å²) < 4.78 is 51.3. The molecule has 0 unspecified atom stereocenters. The Kier molecular flexibility index (Phi) is 3.53. The van der Waals surface area contributed by atoms with Gasteiger partial charge in [0.1, 0.15) is 0 Å². The van der Waals surface area contributed by atoms with E-state index in [0.717, 1.165) is 15.3 Å². The molecule has 104 valence electrons. The Morgan fingerprint density at radius 1 is 1.42 bits per heavy atom. The van der Waals surface area contributed by atoms with Gasteiger partial charge in [0.05, 0.1) is 0 Å². The summed E-state index contributed by atoms with van der Waals surface area (Å²) in [4.78, 5) is 12.4. The maximum Gasteiger partial charge on any atom is 0.427 e. The maximum atomic E-state index is 13.8. The van der Waals surface area contributed by atoms with Crippen molar-refractivity contribution in [3.05, 3.63) is 33.4 Å². The van der Waals surface area contributed by atoms with Crippen molar-refractivity contribution >= 4 is 17.3 Å². The Morgan fingerprint density at radius 3 is 2.68 bits per heavy atom. The lowest BCUT2D eigenvalue weighted by atomic mass is 10.1. The summed E-state index contributed by atoms with van der Waals surface area (Å²) >= 11 is 1.46. The van der Waals surface area contributed by atoms with E-state index >= 15 is 0 Å². The number of hydrogen-bond donors (Lipinski definition) is 1. The molecule has 8 heteroatoms. The van der Waals surface area contributed by atoms with E-state index < -0.39 is 23.7 Å². The molecule has 0 fully saturated rings. The van der Waals surface area contributed by atoms with E-state index in [9.17, 15) is 22.4 Å². The summed E-state index contributed by atoms with van der Waals surface area (Å²) in [7, 11) is 0. The number of halogens is 4. The van der Waals surface area contributed by atoms with Gasteiger partial charge in [0.2, 0.25) is 5.95 Å². The molecule has 0 saturated heterocycles. The van der Waals surface area contributed by atoms with Gasteiger partial charge in [-0.2, -0.15) is 17.6 Å². The van der Waals surface area contributed by atoms with Gasteiger partial charge < -0.3 is 10.0 Å². The Hall–Kier alpha value is -1.57. The van der Waals surface area contributed by atoms with Crippen molar-refractivity contribution in [3.63, 3.8) is 0 Å². The second-order valence-corrected chi connectivity index (χ2v) is 5.01. The number of aliphatic carboxylic acids is 1. The predicted octanol–water partition coefficient (Wildman–Crippen LogP) is 2.93. The number of fused-ring (bicyclic) bond motifs is 1. The minimum atomic E-state index is -5.22. The SMILES string of the molecule is O=C(O)/C(=C(/F)N1CCc2sccc2C1)C(F)(F)F. The van der Waals surface area contributed by atoms with Crippen LogP contribution in [0.3, 0.4) is 0 Å². The van der Waals surface area contributed by atoms with Gasteiger partial charge in [-0.1, -0.05) is 0 Å². The summed E-state index contributed by atoms with van der Waals surface area (Å²) in [5, 5.41) is 10.3. The lowest BCUT2D eigenvalue weighted by Crippen LogP contribution is -2.32. The standard InChI is InChI=1S/C11H9F4NO2S/c12-9(8(10(17)18)11(13,14)15)16-3-1-7-6(5-16)2-4-19-7/h2,4H,1,3,5H2,(H,17,18)/b9-8+. The average molecular weight is 295 g/mol. The van der Waals surface area contributed by atoms with Crippen molar-refractivity contribution in [2.24, 2.45) is 0 Å². The van der Waals surface area contributed by atoms with Crippen LogP contribution in [0.25, 0.3) is 0 Å². The summed E-state index contributed by atoms with van der Waals surface area (Å²) in [5.41, 5.74) is -1.41. The van der Waals surface area contributed by atoms with Gasteiger partial charge in [-0.05, 0) is 23.4 Å². The van der Waals surface area contributed by atoms with Gasteiger partial charge in [-0.25, -0.2) is 4.79 Å². The number of carboxylic acids is 1. The zero-order valence-electron chi connectivity index (χ0n) is 9.50. The van der Waals surface area contributed by atoms with Gasteiger partial charge in [0, 0.05) is 18.0 Å². The number of hydrogen-bond acceptors (Lipinski definition) is 3. The van der Waals surface area contributed by atoms with Crippen LogP contribution in [-0.2, 0) is 17.8 Å². The van der Waals surface area contributed by atoms with Crippen LogP contribution in [0.15, 0.2) is 23.0 Å². The second kappa shape index (κ2) is 4.84. The van der Waals surface area contributed by atoms with Gasteiger partial charge in [-0.15, -0.1) is 11.3 Å². The fourth-order valence-electron chi connectivity index (χ4n) is 1.90. The van der Waals surface area contributed by atoms with E-state index in [2.05, 4.69) is 0 Å². The highest BCUT2D eigenvalue weighted by atomic mass is 32.1. The highest BCUT2D eigenvalue weighted by Gasteiger charge is 2.44. The number of thiophene rings is 1. The molecular weight excluding hydrogens is 286 g/mol. The summed E-state index contributed by atoms with van der Waals surface area (Å²) in [6.45, 7) is -0.0102. The maximum absolute atomic E-state index is 13.8. The van der Waals surface area contributed by atoms with Crippen molar-refractivity contribution in [2.75, 3.05) is 6.54 Å². The first-order chi connectivity index (χ1) is 8.80. The number of carbonyl (C=O) groups is 1. The molecule has 0 aliphatic carbocycles. The minimum absolute atomic E-state index is 0.0339. The van der Waals surface area contributed by atoms with Crippen molar-refractivity contribution in [1.29, 1.82) is 0 Å². The Bertz CT molecular complexity index is 535. The lowest BCUT2D eigenvalue weighted by molar-refractivity contribution is -0.146. The number of carboxylic acid groups (broad SMARTS) is 1. The number of nitrogens with zero attached hydrogens (tertiary/aromatic N) is 1. The van der Waals surface area contributed by atoms with Crippen LogP contribution in [-0.4, -0.2) is 28.7 Å². The van der Waals surface area contributed by atoms with E-state index in [-0.39, 0.29) is 13.1 Å². The highest BCUT2D eigenvalue weighted by Crippen LogP contribution is 2.33. The van der Waals surface area contributed by atoms with Crippen LogP contribution < -0.4 is 0 Å². The molecule has 0 spiro atoms. The van der Waals surface area contributed by atoms with Crippen LogP contribution in [0.5, 0.6) is 0 Å². The molecule has 2 heterocycles. The van der Waals surface area contributed by atoms with E-state index in [4.69, 9.17) is 5.11 Å². The van der Waals surface area contributed by atoms with Gasteiger partial charge in [-0.3, -0.25) is 0 Å². The molecule has 3 nitrogen and oxygen atoms in total. The smallest absolute Gasteiger partial charge is 0.427 e. The molecule has 1 aliphatic rings. The molecular formula is C11H9F4NO2S. The molecule has 1 aliphatic heterocycles. The topological polar surface area (TPSA) is 40.5 Å². The molecule has 2 rings (SSSR count). The van der Waals surface area contributed by atoms with E-state index in [1.165, 1.54) is 11.3 Å². The lowest BCUT2D eigenvalue weighted by Gasteiger charge is -2.28. The van der Waals surface area contributed by atoms with Crippen LogP contribution in [0.2, 0.25) is 0 Å². The first-order valence-corrected chi connectivity index (χ1v) is 6.19. The normalized spacial score (nSPS) is 16.9. The molecule has 0 radical (unpaired) electrons. The second-order valence-electron chi connectivity index (χ2n) is 4.01. The summed E-state index contributed by atoms with van der Waals surface area (Å²) in [6.07, 6.45) is -4.81. The molecule has 0 amide bonds. The van der Waals surface area contributed by atoms with Gasteiger partial charge in [0.15, 0.2) is 5.57 Å². The fourth-order valence-corrected chi connectivity index (χ4v) is 2.79. The summed E-state index contributed by atoms with van der Waals surface area (Å²) in [5.74, 6) is -4.03. The minimum Gasteiger partial charge on any atom is -0.478 e. The van der Waals surface area contributed by atoms with Crippen LogP contribution >= 0.6 is 11.3 Å². The Labute approximate surface area is 109 Å². The molecule has 0 bridgehead atoms. The van der Waals surface area contributed by atoms with Gasteiger partial charge >= 0.3 is 12.1 Å². The highest BCUT2D eigenvalue weighted by molar-refractivity contribution is 7.10. The number of rotatable bonds is 2. The predicted molar refractivity (Wildman–Crippen MR) is 60.3 cm³/mol. The monoisotopic (exact) mass is 295 g/mol. The van der Waals surface area contributed by atoms with E-state index in [1.807, 2.05) is 0 Å². The third-order valence-corrected chi connectivity index (χ3v) is 3.81. The fraction of sp³-hybridized carbons (Fsp3) is 0.364.